The van der Waals surface area contributed by atoms with Gasteiger partial charge in [-0.3, -0.25) is 10.00 Å². The molecule has 1 fully saturated rings. The average Bonchev–Trinajstić information content (AvgIpc) is 3.25. The van der Waals surface area contributed by atoms with Crippen LogP contribution in [0.5, 0.6) is 11.5 Å². The van der Waals surface area contributed by atoms with Gasteiger partial charge in [0.25, 0.3) is 0 Å². The van der Waals surface area contributed by atoms with Crippen molar-refractivity contribution < 1.29 is 23.0 Å². The highest BCUT2D eigenvalue weighted by Crippen LogP contribution is 2.37. The van der Waals surface area contributed by atoms with E-state index in [-0.39, 0.29) is 11.7 Å². The summed E-state index contributed by atoms with van der Waals surface area (Å²) in [6, 6.07) is 10.5. The van der Waals surface area contributed by atoms with E-state index in [1.807, 2.05) is 6.07 Å². The Kier molecular flexibility index (Phi) is 5.91. The first-order chi connectivity index (χ1) is 14.9. The molecule has 2 heterocycles. The summed E-state index contributed by atoms with van der Waals surface area (Å²) in [7, 11) is 1.57. The summed E-state index contributed by atoms with van der Waals surface area (Å²) in [6.07, 6.45) is -0.960. The molecule has 0 radical (unpaired) electrons. The van der Waals surface area contributed by atoms with E-state index in [4.69, 9.17) is 4.74 Å². The number of likely N-dealkylation sites (tertiary alicyclic amines) is 1. The maximum absolute atomic E-state index is 13.2. The number of halogens is 3. The van der Waals surface area contributed by atoms with Crippen molar-refractivity contribution in [1.82, 2.24) is 15.1 Å². The Bertz CT molecular complexity index is 1050. The third-order valence-electron chi connectivity index (χ3n) is 5.79. The van der Waals surface area contributed by atoms with E-state index in [9.17, 15) is 18.3 Å². The monoisotopic (exact) mass is 431 g/mol. The zero-order valence-electron chi connectivity index (χ0n) is 17.1. The second-order valence-corrected chi connectivity index (χ2v) is 7.81. The van der Waals surface area contributed by atoms with Crippen LogP contribution in [-0.4, -0.2) is 40.4 Å². The van der Waals surface area contributed by atoms with Crippen LogP contribution in [-0.2, 0) is 12.7 Å². The topological polar surface area (TPSA) is 61.4 Å². The number of hydrogen-bond donors (Lipinski definition) is 2. The summed E-state index contributed by atoms with van der Waals surface area (Å²) < 4.78 is 44.9. The van der Waals surface area contributed by atoms with Crippen LogP contribution >= 0.6 is 0 Å². The Labute approximate surface area is 178 Å². The first-order valence-electron chi connectivity index (χ1n) is 10.1. The van der Waals surface area contributed by atoms with Gasteiger partial charge < -0.3 is 9.84 Å². The molecule has 0 bridgehead atoms. The number of aromatic hydroxyl groups is 1. The van der Waals surface area contributed by atoms with E-state index in [0.29, 0.717) is 30.0 Å². The highest BCUT2D eigenvalue weighted by molar-refractivity contribution is 5.66. The Morgan fingerprint density at radius 2 is 2.03 bits per heavy atom. The lowest BCUT2D eigenvalue weighted by atomic mass is 9.90. The molecule has 1 saturated heterocycles. The maximum atomic E-state index is 13.2. The van der Waals surface area contributed by atoms with Crippen LogP contribution in [0, 0.1) is 0 Å². The normalized spacial score (nSPS) is 17.6. The predicted octanol–water partition coefficient (Wildman–Crippen LogP) is 5.19. The van der Waals surface area contributed by atoms with Gasteiger partial charge in [-0.2, -0.15) is 18.3 Å². The van der Waals surface area contributed by atoms with Gasteiger partial charge in [-0.05, 0) is 49.2 Å². The smallest absolute Gasteiger partial charge is 0.416 e. The molecule has 1 aliphatic heterocycles. The fourth-order valence-corrected chi connectivity index (χ4v) is 4.26. The third-order valence-corrected chi connectivity index (χ3v) is 5.79. The van der Waals surface area contributed by atoms with E-state index in [0.717, 1.165) is 36.7 Å². The number of nitrogens with one attached hydrogen (secondary N) is 1. The Morgan fingerprint density at radius 1 is 1.23 bits per heavy atom. The predicted molar refractivity (Wildman–Crippen MR) is 111 cm³/mol. The molecule has 8 heteroatoms. The minimum absolute atomic E-state index is 0.0950. The molecule has 2 aromatic carbocycles. The second-order valence-electron chi connectivity index (χ2n) is 7.81. The Morgan fingerprint density at radius 3 is 2.81 bits per heavy atom. The highest BCUT2D eigenvalue weighted by atomic mass is 19.4. The van der Waals surface area contributed by atoms with E-state index in [1.54, 1.807) is 31.5 Å². The number of hydrogen-bond acceptors (Lipinski definition) is 4. The number of benzene rings is 2. The number of rotatable bonds is 5. The summed E-state index contributed by atoms with van der Waals surface area (Å²) in [6.45, 7) is 2.09. The molecule has 1 aromatic heterocycles. The number of methoxy groups -OCH3 is 1. The molecule has 31 heavy (non-hydrogen) atoms. The van der Waals surface area contributed by atoms with Gasteiger partial charge in [-0.25, -0.2) is 0 Å². The molecule has 0 saturated carbocycles. The molecule has 5 nitrogen and oxygen atoms in total. The zero-order valence-corrected chi connectivity index (χ0v) is 17.1. The van der Waals surface area contributed by atoms with Gasteiger partial charge in [0.15, 0.2) is 0 Å². The number of aromatic amines is 1. The summed E-state index contributed by atoms with van der Waals surface area (Å²) in [4.78, 5) is 2.22. The SMILES string of the molecule is COc1cccc(O)c1CN1CCCC(c2[nH]ncc2-c2cccc(C(F)(F)F)c2)C1. The van der Waals surface area contributed by atoms with Gasteiger partial charge in [0.1, 0.15) is 11.5 Å². The van der Waals surface area contributed by atoms with Crippen LogP contribution < -0.4 is 4.74 Å². The van der Waals surface area contributed by atoms with E-state index < -0.39 is 11.7 Å². The number of phenolic OH excluding ortho intramolecular Hbond substituents is 1. The van der Waals surface area contributed by atoms with Crippen molar-refractivity contribution in [3.63, 3.8) is 0 Å². The lowest BCUT2D eigenvalue weighted by Crippen LogP contribution is -2.34. The summed E-state index contributed by atoms with van der Waals surface area (Å²) in [5.74, 6) is 0.915. The molecule has 2 N–H and O–H groups in total. The molecule has 3 aromatic rings. The number of nitrogens with zero attached hydrogens (tertiary/aromatic N) is 2. The lowest BCUT2D eigenvalue weighted by molar-refractivity contribution is -0.137. The van der Waals surface area contributed by atoms with Crippen molar-refractivity contribution in [3.8, 4) is 22.6 Å². The first kappa shape index (κ1) is 21.2. The van der Waals surface area contributed by atoms with Gasteiger partial charge in [0.2, 0.25) is 0 Å². The molecule has 4 rings (SSSR count). The van der Waals surface area contributed by atoms with Gasteiger partial charge in [0.05, 0.1) is 18.9 Å². The minimum Gasteiger partial charge on any atom is -0.507 e. The number of aromatic nitrogens is 2. The molecule has 164 valence electrons. The largest absolute Gasteiger partial charge is 0.507 e. The van der Waals surface area contributed by atoms with Gasteiger partial charge >= 0.3 is 6.18 Å². The molecule has 1 unspecified atom stereocenters. The zero-order chi connectivity index (χ0) is 22.0. The van der Waals surface area contributed by atoms with Crippen LogP contribution in [0.4, 0.5) is 13.2 Å². The van der Waals surface area contributed by atoms with E-state index in [2.05, 4.69) is 15.1 Å². The highest BCUT2D eigenvalue weighted by Gasteiger charge is 2.31. The van der Waals surface area contributed by atoms with Gasteiger partial charge in [0, 0.05) is 35.8 Å². The van der Waals surface area contributed by atoms with Crippen LogP contribution in [0.25, 0.3) is 11.1 Å². The molecule has 1 aliphatic rings. The fourth-order valence-electron chi connectivity index (χ4n) is 4.26. The second kappa shape index (κ2) is 8.63. The standard InChI is InChI=1S/C23H24F3N3O2/c1-31-21-9-3-8-20(30)19(21)14-29-10-4-6-16(13-29)22-18(12-27-28-22)15-5-2-7-17(11-15)23(24,25)26/h2-3,5,7-9,11-12,16,30H,4,6,10,13-14H2,1H3,(H,27,28). The maximum Gasteiger partial charge on any atom is 0.416 e. The minimum atomic E-state index is -4.39. The number of H-pyrrole nitrogens is 1. The quantitative estimate of drug-likeness (QED) is 0.584. The molecule has 0 amide bonds. The number of alkyl halides is 3. The van der Waals surface area contributed by atoms with Crippen molar-refractivity contribution in [3.05, 3.63) is 65.5 Å². The molecule has 1 atom stereocenters. The molecular formula is C23H24F3N3O2. The lowest BCUT2D eigenvalue weighted by Gasteiger charge is -2.33. The van der Waals surface area contributed by atoms with Crippen molar-refractivity contribution in [1.29, 1.82) is 0 Å². The van der Waals surface area contributed by atoms with Crippen molar-refractivity contribution in [2.24, 2.45) is 0 Å². The molecular weight excluding hydrogens is 407 g/mol. The Balaban J connectivity index is 1.57. The molecule has 0 aliphatic carbocycles. The van der Waals surface area contributed by atoms with E-state index >= 15 is 0 Å². The van der Waals surface area contributed by atoms with E-state index in [1.165, 1.54) is 12.1 Å². The van der Waals surface area contributed by atoms with Gasteiger partial charge in [-0.1, -0.05) is 18.2 Å². The Hall–Kier alpha value is -3.00. The van der Waals surface area contributed by atoms with Crippen molar-refractivity contribution in [2.75, 3.05) is 20.2 Å². The number of ether oxygens (including phenoxy) is 1. The van der Waals surface area contributed by atoms with Crippen molar-refractivity contribution >= 4 is 0 Å². The van der Waals surface area contributed by atoms with Gasteiger partial charge in [-0.15, -0.1) is 0 Å². The first-order valence-corrected chi connectivity index (χ1v) is 10.1. The van der Waals surface area contributed by atoms with Crippen LogP contribution in [0.2, 0.25) is 0 Å². The number of piperidine rings is 1. The molecule has 0 spiro atoms. The average molecular weight is 431 g/mol. The number of phenols is 1. The summed E-state index contributed by atoms with van der Waals surface area (Å²) >= 11 is 0. The van der Waals surface area contributed by atoms with Crippen LogP contribution in [0.15, 0.2) is 48.7 Å². The van der Waals surface area contributed by atoms with Crippen molar-refractivity contribution in [2.45, 2.75) is 31.5 Å². The van der Waals surface area contributed by atoms with Crippen LogP contribution in [0.1, 0.15) is 35.6 Å². The summed E-state index contributed by atoms with van der Waals surface area (Å²) in [5.41, 5.74) is 2.09. The van der Waals surface area contributed by atoms with Crippen LogP contribution in [0.3, 0.4) is 0 Å². The summed E-state index contributed by atoms with van der Waals surface area (Å²) in [5, 5.41) is 17.4. The fraction of sp³-hybridized carbons (Fsp3) is 0.348. The third kappa shape index (κ3) is 4.54.